The fourth-order valence-electron chi connectivity index (χ4n) is 2.98. The number of nitriles is 1. The van der Waals surface area contributed by atoms with E-state index in [0.29, 0.717) is 24.3 Å². The summed E-state index contributed by atoms with van der Waals surface area (Å²) in [5, 5.41) is 11.7. The topological polar surface area (TPSA) is 73.2 Å². The average molecular weight is 333 g/mol. The summed E-state index contributed by atoms with van der Waals surface area (Å²) in [5.41, 5.74) is 2.25. The van der Waals surface area contributed by atoms with Gasteiger partial charge in [0.2, 0.25) is 11.8 Å². The fourth-order valence-corrected chi connectivity index (χ4v) is 2.98. The molecular weight excluding hydrogens is 314 g/mol. The van der Waals surface area contributed by atoms with Crippen LogP contribution in [0.15, 0.2) is 54.6 Å². The number of carbonyl (C=O) groups is 2. The number of benzene rings is 2. The Labute approximate surface area is 146 Å². The largest absolute Gasteiger partial charge is 0.342 e. The molecule has 0 aromatic heterocycles. The van der Waals surface area contributed by atoms with Crippen molar-refractivity contribution >= 4 is 17.5 Å². The highest BCUT2D eigenvalue weighted by Crippen LogP contribution is 2.21. The van der Waals surface area contributed by atoms with Crippen molar-refractivity contribution in [3.63, 3.8) is 0 Å². The predicted octanol–water partition coefficient (Wildman–Crippen LogP) is 2.59. The van der Waals surface area contributed by atoms with Crippen molar-refractivity contribution in [2.24, 2.45) is 5.92 Å². The van der Waals surface area contributed by atoms with Crippen molar-refractivity contribution in [3.05, 3.63) is 65.7 Å². The average Bonchev–Trinajstić information content (AvgIpc) is 3.02. The molecule has 5 heteroatoms. The predicted molar refractivity (Wildman–Crippen MR) is 94.6 cm³/mol. The molecule has 1 heterocycles. The van der Waals surface area contributed by atoms with Crippen LogP contribution in [0, 0.1) is 17.2 Å². The molecule has 2 amide bonds. The van der Waals surface area contributed by atoms with Crippen molar-refractivity contribution in [3.8, 4) is 6.07 Å². The summed E-state index contributed by atoms with van der Waals surface area (Å²) in [6.45, 7) is 1.06. The monoisotopic (exact) mass is 333 g/mol. The molecule has 1 atom stereocenters. The third-order valence-electron chi connectivity index (χ3n) is 4.36. The molecule has 25 heavy (non-hydrogen) atoms. The molecule has 0 saturated carbocycles. The van der Waals surface area contributed by atoms with Gasteiger partial charge >= 0.3 is 0 Å². The molecule has 1 N–H and O–H groups in total. The third-order valence-corrected chi connectivity index (χ3v) is 4.36. The lowest BCUT2D eigenvalue weighted by molar-refractivity contribution is -0.128. The Kier molecular flexibility index (Phi) is 5.10. The molecule has 1 fully saturated rings. The van der Waals surface area contributed by atoms with Gasteiger partial charge in [0.05, 0.1) is 17.6 Å². The van der Waals surface area contributed by atoms with Gasteiger partial charge in [-0.1, -0.05) is 36.4 Å². The minimum Gasteiger partial charge on any atom is -0.342 e. The van der Waals surface area contributed by atoms with E-state index in [-0.39, 0.29) is 24.2 Å². The zero-order chi connectivity index (χ0) is 17.6. The van der Waals surface area contributed by atoms with Crippen LogP contribution < -0.4 is 5.32 Å². The highest BCUT2D eigenvalue weighted by molar-refractivity contribution is 5.97. The van der Waals surface area contributed by atoms with E-state index in [1.165, 1.54) is 5.56 Å². The standard InChI is InChI=1S/C20H19N3O2/c21-13-16-7-4-8-18(11-16)22-20(25)17-12-19(24)23(14-17)10-9-15-5-2-1-3-6-15/h1-8,11,17H,9-10,12,14H2,(H,22,25). The maximum atomic E-state index is 12.4. The number of rotatable bonds is 5. The van der Waals surface area contributed by atoms with Crippen LogP contribution in [0.1, 0.15) is 17.5 Å². The van der Waals surface area contributed by atoms with E-state index in [2.05, 4.69) is 5.32 Å². The van der Waals surface area contributed by atoms with Gasteiger partial charge in [0.25, 0.3) is 0 Å². The second-order valence-corrected chi connectivity index (χ2v) is 6.16. The second kappa shape index (κ2) is 7.63. The zero-order valence-corrected chi connectivity index (χ0v) is 13.8. The van der Waals surface area contributed by atoms with Crippen molar-refractivity contribution < 1.29 is 9.59 Å². The SMILES string of the molecule is N#Cc1cccc(NC(=O)C2CC(=O)N(CCc3ccccc3)C2)c1. The Morgan fingerprint density at radius 3 is 2.76 bits per heavy atom. The molecular formula is C20H19N3O2. The number of carbonyl (C=O) groups excluding carboxylic acids is 2. The molecule has 1 saturated heterocycles. The summed E-state index contributed by atoms with van der Waals surface area (Å²) in [4.78, 5) is 26.3. The molecule has 0 radical (unpaired) electrons. The zero-order valence-electron chi connectivity index (χ0n) is 13.8. The maximum Gasteiger partial charge on any atom is 0.229 e. The van der Waals surface area contributed by atoms with E-state index in [1.807, 2.05) is 36.4 Å². The van der Waals surface area contributed by atoms with Gasteiger partial charge in [-0.05, 0) is 30.2 Å². The normalized spacial score (nSPS) is 16.5. The highest BCUT2D eigenvalue weighted by atomic mass is 16.2. The molecule has 0 aliphatic carbocycles. The van der Waals surface area contributed by atoms with Gasteiger partial charge in [-0.2, -0.15) is 5.26 Å². The number of hydrogen-bond donors (Lipinski definition) is 1. The molecule has 3 rings (SSSR count). The number of anilines is 1. The fraction of sp³-hybridized carbons (Fsp3) is 0.250. The minimum atomic E-state index is -0.353. The van der Waals surface area contributed by atoms with Gasteiger partial charge in [-0.25, -0.2) is 0 Å². The van der Waals surface area contributed by atoms with E-state index in [9.17, 15) is 9.59 Å². The lowest BCUT2D eigenvalue weighted by Crippen LogP contribution is -2.30. The van der Waals surface area contributed by atoms with Gasteiger partial charge in [0.1, 0.15) is 0 Å². The van der Waals surface area contributed by atoms with Crippen molar-refractivity contribution in [1.82, 2.24) is 4.90 Å². The van der Waals surface area contributed by atoms with E-state index >= 15 is 0 Å². The van der Waals surface area contributed by atoms with Gasteiger partial charge in [-0.3, -0.25) is 9.59 Å². The highest BCUT2D eigenvalue weighted by Gasteiger charge is 2.33. The second-order valence-electron chi connectivity index (χ2n) is 6.16. The maximum absolute atomic E-state index is 12.4. The van der Waals surface area contributed by atoms with E-state index in [0.717, 1.165) is 6.42 Å². The molecule has 2 aromatic rings. The first-order valence-electron chi connectivity index (χ1n) is 8.28. The van der Waals surface area contributed by atoms with Crippen LogP contribution in [0.2, 0.25) is 0 Å². The third kappa shape index (κ3) is 4.24. The number of nitrogens with zero attached hydrogens (tertiary/aromatic N) is 2. The summed E-state index contributed by atoms with van der Waals surface area (Å²) in [6, 6.07) is 18.8. The smallest absolute Gasteiger partial charge is 0.229 e. The van der Waals surface area contributed by atoms with Crippen LogP contribution in [0.3, 0.4) is 0 Å². The molecule has 126 valence electrons. The first-order chi connectivity index (χ1) is 12.2. The van der Waals surface area contributed by atoms with Crippen molar-refractivity contribution in [2.75, 3.05) is 18.4 Å². The quantitative estimate of drug-likeness (QED) is 0.914. The summed E-state index contributed by atoms with van der Waals surface area (Å²) >= 11 is 0. The van der Waals surface area contributed by atoms with Crippen LogP contribution in [0.5, 0.6) is 0 Å². The molecule has 0 spiro atoms. The first-order valence-corrected chi connectivity index (χ1v) is 8.28. The van der Waals surface area contributed by atoms with E-state index < -0.39 is 0 Å². The Morgan fingerprint density at radius 1 is 1.20 bits per heavy atom. The lowest BCUT2D eigenvalue weighted by Gasteiger charge is -2.16. The number of nitrogens with one attached hydrogen (secondary N) is 1. The molecule has 0 bridgehead atoms. The summed E-state index contributed by atoms with van der Waals surface area (Å²) in [6.07, 6.45) is 1.02. The molecule has 1 aliphatic heterocycles. The lowest BCUT2D eigenvalue weighted by atomic mass is 10.1. The van der Waals surface area contributed by atoms with E-state index in [1.54, 1.807) is 29.2 Å². The number of amides is 2. The van der Waals surface area contributed by atoms with Crippen LogP contribution in [0.25, 0.3) is 0 Å². The van der Waals surface area contributed by atoms with Crippen LogP contribution in [-0.4, -0.2) is 29.8 Å². The molecule has 2 aromatic carbocycles. The van der Waals surface area contributed by atoms with Gasteiger partial charge < -0.3 is 10.2 Å². The van der Waals surface area contributed by atoms with Gasteiger partial charge in [0.15, 0.2) is 0 Å². The van der Waals surface area contributed by atoms with Crippen LogP contribution >= 0.6 is 0 Å². The molecule has 5 nitrogen and oxygen atoms in total. The first kappa shape index (κ1) is 16.7. The molecule has 1 aliphatic rings. The Hall–Kier alpha value is -3.13. The van der Waals surface area contributed by atoms with Crippen molar-refractivity contribution in [2.45, 2.75) is 12.8 Å². The summed E-state index contributed by atoms with van der Waals surface area (Å²) in [5.74, 6) is -0.512. The Balaban J connectivity index is 1.56. The Bertz CT molecular complexity index is 811. The summed E-state index contributed by atoms with van der Waals surface area (Å²) < 4.78 is 0. The van der Waals surface area contributed by atoms with Crippen molar-refractivity contribution in [1.29, 1.82) is 5.26 Å². The van der Waals surface area contributed by atoms with Crippen LogP contribution in [-0.2, 0) is 16.0 Å². The van der Waals surface area contributed by atoms with Gasteiger partial charge in [0, 0.05) is 25.2 Å². The van der Waals surface area contributed by atoms with E-state index in [4.69, 9.17) is 5.26 Å². The van der Waals surface area contributed by atoms with Gasteiger partial charge in [-0.15, -0.1) is 0 Å². The minimum absolute atomic E-state index is 0.0156. The number of likely N-dealkylation sites (tertiary alicyclic amines) is 1. The summed E-state index contributed by atoms with van der Waals surface area (Å²) in [7, 11) is 0. The Morgan fingerprint density at radius 2 is 2.00 bits per heavy atom. The van der Waals surface area contributed by atoms with Crippen LogP contribution in [0.4, 0.5) is 5.69 Å². The molecule has 1 unspecified atom stereocenters. The number of hydrogen-bond acceptors (Lipinski definition) is 3.